The van der Waals surface area contributed by atoms with E-state index in [2.05, 4.69) is 15.9 Å². The zero-order valence-corrected chi connectivity index (χ0v) is 10.6. The Morgan fingerprint density at radius 2 is 2.00 bits per heavy atom. The predicted molar refractivity (Wildman–Crippen MR) is 60.9 cm³/mol. The summed E-state index contributed by atoms with van der Waals surface area (Å²) in [5.74, 6) is 0.613. The van der Waals surface area contributed by atoms with Crippen LogP contribution in [0.5, 0.6) is 5.75 Å². The molecule has 0 aliphatic heterocycles. The summed E-state index contributed by atoms with van der Waals surface area (Å²) in [6, 6.07) is 3.43. The summed E-state index contributed by atoms with van der Waals surface area (Å²) in [6.07, 6.45) is 0. The van der Waals surface area contributed by atoms with Gasteiger partial charge in [-0.15, -0.1) is 0 Å². The first-order valence-electron chi connectivity index (χ1n) is 4.12. The second-order valence-corrected chi connectivity index (χ2v) is 4.82. The molecule has 0 aliphatic carbocycles. The van der Waals surface area contributed by atoms with Crippen LogP contribution in [0.15, 0.2) is 16.6 Å². The first-order valence-corrected chi connectivity index (χ1v) is 5.29. The maximum atomic E-state index is 9.89. The number of ether oxygens (including phenoxy) is 1. The standard InChI is InChI=1S/C10H12BrClO2/c1-10(2,13)7-4-6(12)5-8(11)9(7)14-3/h4-5,13H,1-3H3. The number of methoxy groups -OCH3 is 1. The van der Waals surface area contributed by atoms with Gasteiger partial charge in [0.05, 0.1) is 17.2 Å². The van der Waals surface area contributed by atoms with Gasteiger partial charge in [0.15, 0.2) is 0 Å². The molecule has 0 spiro atoms. The van der Waals surface area contributed by atoms with Crippen molar-refractivity contribution in [3.63, 3.8) is 0 Å². The van der Waals surface area contributed by atoms with Gasteiger partial charge in [0, 0.05) is 10.6 Å². The van der Waals surface area contributed by atoms with Crippen LogP contribution < -0.4 is 4.74 Å². The van der Waals surface area contributed by atoms with Gasteiger partial charge in [-0.1, -0.05) is 11.6 Å². The van der Waals surface area contributed by atoms with E-state index in [0.717, 1.165) is 4.47 Å². The fraction of sp³-hybridized carbons (Fsp3) is 0.400. The van der Waals surface area contributed by atoms with E-state index in [1.165, 1.54) is 0 Å². The van der Waals surface area contributed by atoms with Crippen molar-refractivity contribution in [2.45, 2.75) is 19.4 Å². The van der Waals surface area contributed by atoms with E-state index in [1.807, 2.05) is 0 Å². The molecule has 78 valence electrons. The molecule has 1 aromatic rings. The second kappa shape index (κ2) is 4.09. The molecule has 2 nitrogen and oxygen atoms in total. The Kier molecular flexibility index (Phi) is 3.45. The third kappa shape index (κ3) is 2.41. The average molecular weight is 280 g/mol. The molecule has 0 saturated heterocycles. The molecule has 0 fully saturated rings. The average Bonchev–Trinajstić information content (AvgIpc) is 2.01. The van der Waals surface area contributed by atoms with Crippen LogP contribution in [0.3, 0.4) is 0 Å². The summed E-state index contributed by atoms with van der Waals surface area (Å²) in [6.45, 7) is 3.38. The van der Waals surface area contributed by atoms with E-state index in [0.29, 0.717) is 16.3 Å². The van der Waals surface area contributed by atoms with Crippen molar-refractivity contribution in [1.82, 2.24) is 0 Å². The van der Waals surface area contributed by atoms with Crippen molar-refractivity contribution in [1.29, 1.82) is 0 Å². The Labute approximate surface area is 97.0 Å². The normalized spacial score (nSPS) is 11.6. The van der Waals surface area contributed by atoms with Gasteiger partial charge in [-0.3, -0.25) is 0 Å². The highest BCUT2D eigenvalue weighted by Crippen LogP contribution is 2.38. The predicted octanol–water partition coefficient (Wildman–Crippen LogP) is 3.34. The zero-order chi connectivity index (χ0) is 10.9. The summed E-state index contributed by atoms with van der Waals surface area (Å²) in [4.78, 5) is 0. The monoisotopic (exact) mass is 278 g/mol. The van der Waals surface area contributed by atoms with Gasteiger partial charge in [0.2, 0.25) is 0 Å². The third-order valence-corrected chi connectivity index (χ3v) is 2.68. The number of benzene rings is 1. The van der Waals surface area contributed by atoms with Crippen molar-refractivity contribution in [2.24, 2.45) is 0 Å². The van der Waals surface area contributed by atoms with Crippen LogP contribution in [0.25, 0.3) is 0 Å². The van der Waals surface area contributed by atoms with E-state index in [9.17, 15) is 5.11 Å². The van der Waals surface area contributed by atoms with Crippen molar-refractivity contribution >= 4 is 27.5 Å². The maximum Gasteiger partial charge on any atom is 0.139 e. The van der Waals surface area contributed by atoms with Crippen LogP contribution in [-0.4, -0.2) is 12.2 Å². The summed E-state index contributed by atoms with van der Waals surface area (Å²) in [5.41, 5.74) is -0.307. The summed E-state index contributed by atoms with van der Waals surface area (Å²) in [5, 5.41) is 10.5. The summed E-state index contributed by atoms with van der Waals surface area (Å²) >= 11 is 9.22. The quantitative estimate of drug-likeness (QED) is 0.900. The van der Waals surface area contributed by atoms with E-state index in [-0.39, 0.29) is 0 Å². The van der Waals surface area contributed by atoms with Gasteiger partial charge < -0.3 is 9.84 Å². The number of halogens is 2. The minimum Gasteiger partial charge on any atom is -0.495 e. The lowest BCUT2D eigenvalue weighted by atomic mass is 9.97. The Morgan fingerprint density at radius 1 is 1.43 bits per heavy atom. The van der Waals surface area contributed by atoms with Gasteiger partial charge in [-0.2, -0.15) is 0 Å². The zero-order valence-electron chi connectivity index (χ0n) is 8.27. The minimum absolute atomic E-state index is 0.565. The molecular weight excluding hydrogens is 267 g/mol. The molecule has 0 saturated carbocycles. The maximum absolute atomic E-state index is 9.89. The van der Waals surface area contributed by atoms with Crippen LogP contribution in [0.1, 0.15) is 19.4 Å². The van der Waals surface area contributed by atoms with Gasteiger partial charge in [0.1, 0.15) is 5.75 Å². The molecule has 0 aliphatic rings. The molecule has 0 aromatic heterocycles. The highest BCUT2D eigenvalue weighted by atomic mass is 79.9. The van der Waals surface area contributed by atoms with Crippen molar-refractivity contribution in [3.05, 3.63) is 27.2 Å². The van der Waals surface area contributed by atoms with E-state index in [4.69, 9.17) is 16.3 Å². The van der Waals surface area contributed by atoms with Gasteiger partial charge in [-0.05, 0) is 41.9 Å². The third-order valence-electron chi connectivity index (χ3n) is 1.87. The highest BCUT2D eigenvalue weighted by Gasteiger charge is 2.23. The Hall–Kier alpha value is -0.250. The van der Waals surface area contributed by atoms with E-state index >= 15 is 0 Å². The topological polar surface area (TPSA) is 29.5 Å². The first kappa shape index (κ1) is 11.8. The van der Waals surface area contributed by atoms with E-state index < -0.39 is 5.60 Å². The van der Waals surface area contributed by atoms with Crippen LogP contribution >= 0.6 is 27.5 Å². The van der Waals surface area contributed by atoms with Crippen molar-refractivity contribution in [3.8, 4) is 5.75 Å². The fourth-order valence-electron chi connectivity index (χ4n) is 1.22. The Morgan fingerprint density at radius 3 is 2.43 bits per heavy atom. The minimum atomic E-state index is -0.973. The van der Waals surface area contributed by atoms with E-state index in [1.54, 1.807) is 33.1 Å². The lowest BCUT2D eigenvalue weighted by Crippen LogP contribution is -2.17. The highest BCUT2D eigenvalue weighted by molar-refractivity contribution is 9.10. The van der Waals surface area contributed by atoms with Gasteiger partial charge in [-0.25, -0.2) is 0 Å². The number of rotatable bonds is 2. The molecule has 0 radical (unpaired) electrons. The summed E-state index contributed by atoms with van der Waals surface area (Å²) in [7, 11) is 1.56. The molecule has 0 atom stereocenters. The smallest absolute Gasteiger partial charge is 0.139 e. The van der Waals surface area contributed by atoms with Crippen LogP contribution in [0.2, 0.25) is 5.02 Å². The molecule has 14 heavy (non-hydrogen) atoms. The fourth-order valence-corrected chi connectivity index (χ4v) is 2.19. The SMILES string of the molecule is COc1c(Br)cc(Cl)cc1C(C)(C)O. The molecule has 0 bridgehead atoms. The van der Waals surface area contributed by atoms with Crippen LogP contribution in [0, 0.1) is 0 Å². The Balaban J connectivity index is 3.40. The lowest BCUT2D eigenvalue weighted by Gasteiger charge is -2.21. The van der Waals surface area contributed by atoms with Crippen LogP contribution in [-0.2, 0) is 5.60 Å². The van der Waals surface area contributed by atoms with Gasteiger partial charge in [0.25, 0.3) is 0 Å². The molecular formula is C10H12BrClO2. The number of aliphatic hydroxyl groups is 1. The molecule has 0 heterocycles. The van der Waals surface area contributed by atoms with Crippen molar-refractivity contribution < 1.29 is 9.84 Å². The summed E-state index contributed by atoms with van der Waals surface area (Å²) < 4.78 is 5.93. The molecule has 0 unspecified atom stereocenters. The Bertz CT molecular complexity index is 345. The lowest BCUT2D eigenvalue weighted by molar-refractivity contribution is 0.0755. The molecule has 1 N–H and O–H groups in total. The largest absolute Gasteiger partial charge is 0.495 e. The molecule has 1 aromatic carbocycles. The molecule has 0 amide bonds. The number of hydrogen-bond acceptors (Lipinski definition) is 2. The first-order chi connectivity index (χ1) is 6.36. The number of hydrogen-bond donors (Lipinski definition) is 1. The van der Waals surface area contributed by atoms with Crippen LogP contribution in [0.4, 0.5) is 0 Å². The van der Waals surface area contributed by atoms with Crippen molar-refractivity contribution in [2.75, 3.05) is 7.11 Å². The second-order valence-electron chi connectivity index (χ2n) is 3.53. The molecule has 4 heteroatoms. The molecule has 1 rings (SSSR count). The van der Waals surface area contributed by atoms with Gasteiger partial charge >= 0.3 is 0 Å².